The molecular formula is C23H22ClFN4S. The van der Waals surface area contributed by atoms with Crippen molar-refractivity contribution in [1.29, 1.82) is 0 Å². The topological polar surface area (TPSA) is 33.1 Å². The minimum Gasteiger partial charge on any atom is -0.352 e. The van der Waals surface area contributed by atoms with Crippen molar-refractivity contribution in [3.8, 4) is 5.69 Å². The van der Waals surface area contributed by atoms with Gasteiger partial charge in [-0.1, -0.05) is 30.5 Å². The van der Waals surface area contributed by atoms with Crippen molar-refractivity contribution in [2.45, 2.75) is 43.8 Å². The van der Waals surface area contributed by atoms with Gasteiger partial charge in [0.05, 0.1) is 22.8 Å². The molecule has 7 heteroatoms. The molecule has 1 saturated carbocycles. The van der Waals surface area contributed by atoms with Gasteiger partial charge in [0, 0.05) is 29.8 Å². The molecule has 2 atom stereocenters. The lowest BCUT2D eigenvalue weighted by molar-refractivity contribution is 0.239. The van der Waals surface area contributed by atoms with Gasteiger partial charge < -0.3 is 14.8 Å². The van der Waals surface area contributed by atoms with Crippen LogP contribution in [-0.2, 0) is 0 Å². The molecule has 154 valence electrons. The van der Waals surface area contributed by atoms with E-state index < -0.39 is 5.82 Å². The van der Waals surface area contributed by atoms with E-state index in [1.165, 1.54) is 18.9 Å². The summed E-state index contributed by atoms with van der Waals surface area (Å²) in [5.41, 5.74) is 2.85. The molecule has 5 rings (SSSR count). The van der Waals surface area contributed by atoms with Crippen molar-refractivity contribution in [3.63, 3.8) is 0 Å². The van der Waals surface area contributed by atoms with Crippen LogP contribution in [0.1, 0.15) is 49.2 Å². The molecule has 1 saturated heterocycles. The highest BCUT2D eigenvalue weighted by molar-refractivity contribution is 7.80. The van der Waals surface area contributed by atoms with E-state index in [0.29, 0.717) is 6.04 Å². The third-order valence-corrected chi connectivity index (χ3v) is 6.74. The van der Waals surface area contributed by atoms with Crippen LogP contribution in [0.4, 0.5) is 4.39 Å². The fourth-order valence-corrected chi connectivity index (χ4v) is 5.33. The van der Waals surface area contributed by atoms with Gasteiger partial charge in [0.15, 0.2) is 5.11 Å². The SMILES string of the molecule is Fc1ccc(-n2cccc2[C@@H]2[C@H](c3ccccn3)NC(=S)N2C2CCCC2)cc1Cl. The van der Waals surface area contributed by atoms with E-state index in [1.54, 1.807) is 12.1 Å². The normalized spacial score (nSPS) is 21.9. The van der Waals surface area contributed by atoms with Crippen molar-refractivity contribution >= 4 is 28.9 Å². The second-order valence-electron chi connectivity index (χ2n) is 7.87. The highest BCUT2D eigenvalue weighted by Crippen LogP contribution is 2.43. The summed E-state index contributed by atoms with van der Waals surface area (Å²) in [5.74, 6) is -0.420. The number of nitrogens with zero attached hydrogens (tertiary/aromatic N) is 3. The van der Waals surface area contributed by atoms with Crippen LogP contribution in [0.5, 0.6) is 0 Å². The lowest BCUT2D eigenvalue weighted by Crippen LogP contribution is -2.38. The highest BCUT2D eigenvalue weighted by Gasteiger charge is 2.44. The van der Waals surface area contributed by atoms with Crippen molar-refractivity contribution < 1.29 is 4.39 Å². The van der Waals surface area contributed by atoms with Crippen LogP contribution < -0.4 is 5.32 Å². The molecule has 0 unspecified atom stereocenters. The molecule has 30 heavy (non-hydrogen) atoms. The number of hydrogen-bond acceptors (Lipinski definition) is 2. The lowest BCUT2D eigenvalue weighted by Gasteiger charge is -2.33. The predicted octanol–water partition coefficient (Wildman–Crippen LogP) is 5.58. The van der Waals surface area contributed by atoms with Gasteiger partial charge in [-0.05, 0) is 67.5 Å². The zero-order valence-electron chi connectivity index (χ0n) is 16.3. The Bertz CT molecular complexity index is 1060. The summed E-state index contributed by atoms with van der Waals surface area (Å²) < 4.78 is 15.8. The summed E-state index contributed by atoms with van der Waals surface area (Å²) in [7, 11) is 0. The first-order valence-corrected chi connectivity index (χ1v) is 11.0. The van der Waals surface area contributed by atoms with Crippen LogP contribution in [0.15, 0.2) is 60.9 Å². The Morgan fingerprint density at radius 3 is 2.67 bits per heavy atom. The maximum absolute atomic E-state index is 13.8. The summed E-state index contributed by atoms with van der Waals surface area (Å²) >= 11 is 11.9. The van der Waals surface area contributed by atoms with Crippen LogP contribution in [0.25, 0.3) is 5.69 Å². The fourth-order valence-electron chi connectivity index (χ4n) is 4.76. The van der Waals surface area contributed by atoms with Gasteiger partial charge in [-0.25, -0.2) is 4.39 Å². The lowest BCUT2D eigenvalue weighted by atomic mass is 9.99. The molecule has 2 fully saturated rings. The van der Waals surface area contributed by atoms with Crippen LogP contribution in [-0.4, -0.2) is 25.6 Å². The quantitative estimate of drug-likeness (QED) is 0.537. The van der Waals surface area contributed by atoms with Crippen molar-refractivity contribution in [3.05, 3.63) is 83.2 Å². The average molecular weight is 441 g/mol. The van der Waals surface area contributed by atoms with E-state index in [1.807, 2.05) is 36.7 Å². The van der Waals surface area contributed by atoms with Gasteiger partial charge in [-0.15, -0.1) is 0 Å². The first-order valence-electron chi connectivity index (χ1n) is 10.3. The molecule has 0 bridgehead atoms. The molecule has 3 heterocycles. The zero-order valence-corrected chi connectivity index (χ0v) is 17.9. The van der Waals surface area contributed by atoms with Crippen LogP contribution >= 0.6 is 23.8 Å². The Hall–Kier alpha value is -2.44. The van der Waals surface area contributed by atoms with E-state index in [-0.39, 0.29) is 17.1 Å². The van der Waals surface area contributed by atoms with Crippen LogP contribution in [0, 0.1) is 5.82 Å². The first kappa shape index (κ1) is 19.5. The van der Waals surface area contributed by atoms with E-state index in [0.717, 1.165) is 35.0 Å². The smallest absolute Gasteiger partial charge is 0.170 e. The van der Waals surface area contributed by atoms with E-state index in [4.69, 9.17) is 23.8 Å². The van der Waals surface area contributed by atoms with Gasteiger partial charge in [0.1, 0.15) is 5.82 Å². The minimum atomic E-state index is -0.420. The molecule has 4 nitrogen and oxygen atoms in total. The third kappa shape index (κ3) is 3.38. The molecule has 0 amide bonds. The molecule has 2 aliphatic rings. The molecule has 1 aliphatic carbocycles. The maximum atomic E-state index is 13.8. The number of nitrogens with one attached hydrogen (secondary N) is 1. The Labute approximate surface area is 185 Å². The number of pyridine rings is 1. The molecule has 0 spiro atoms. The van der Waals surface area contributed by atoms with Crippen molar-refractivity contribution in [2.24, 2.45) is 0 Å². The number of halogens is 2. The second-order valence-corrected chi connectivity index (χ2v) is 8.67. The van der Waals surface area contributed by atoms with E-state index in [2.05, 4.69) is 25.8 Å². The number of thiocarbonyl (C=S) groups is 1. The molecule has 0 radical (unpaired) electrons. The zero-order chi connectivity index (χ0) is 20.7. The Morgan fingerprint density at radius 2 is 1.93 bits per heavy atom. The molecule has 3 aromatic rings. The Kier molecular flexibility index (Phi) is 5.21. The summed E-state index contributed by atoms with van der Waals surface area (Å²) in [5, 5.41) is 4.41. The van der Waals surface area contributed by atoms with Gasteiger partial charge in [0.25, 0.3) is 0 Å². The highest BCUT2D eigenvalue weighted by atomic mass is 35.5. The largest absolute Gasteiger partial charge is 0.352 e. The molecular weight excluding hydrogens is 419 g/mol. The van der Waals surface area contributed by atoms with Crippen LogP contribution in [0.2, 0.25) is 5.02 Å². The van der Waals surface area contributed by atoms with Gasteiger partial charge in [0.2, 0.25) is 0 Å². The van der Waals surface area contributed by atoms with Crippen LogP contribution in [0.3, 0.4) is 0 Å². The number of hydrogen-bond donors (Lipinski definition) is 1. The van der Waals surface area contributed by atoms with Crippen molar-refractivity contribution in [1.82, 2.24) is 19.8 Å². The van der Waals surface area contributed by atoms with Gasteiger partial charge in [-0.2, -0.15) is 0 Å². The standard InChI is InChI=1S/C23H22ClFN4S/c24-17-14-16(10-11-18(17)25)28-13-5-9-20(28)22-21(19-8-3-4-12-26-19)27-23(30)29(22)15-6-1-2-7-15/h3-5,8-15,21-22H,1-2,6-7H2,(H,27,30)/t21-,22+/m0/s1. The fraction of sp³-hybridized carbons (Fsp3) is 0.304. The van der Waals surface area contributed by atoms with Gasteiger partial charge in [-0.3, -0.25) is 4.98 Å². The van der Waals surface area contributed by atoms with Crippen molar-refractivity contribution in [2.75, 3.05) is 0 Å². The van der Waals surface area contributed by atoms with E-state index in [9.17, 15) is 4.39 Å². The Morgan fingerprint density at radius 1 is 1.10 bits per heavy atom. The Balaban J connectivity index is 1.62. The van der Waals surface area contributed by atoms with Gasteiger partial charge >= 0.3 is 0 Å². The summed E-state index contributed by atoms with van der Waals surface area (Å²) in [6, 6.07) is 15.2. The summed E-state index contributed by atoms with van der Waals surface area (Å²) in [6.07, 6.45) is 8.52. The summed E-state index contributed by atoms with van der Waals surface area (Å²) in [6.45, 7) is 0. The van der Waals surface area contributed by atoms with E-state index >= 15 is 0 Å². The minimum absolute atomic E-state index is 0.0191. The summed E-state index contributed by atoms with van der Waals surface area (Å²) in [4.78, 5) is 6.98. The third-order valence-electron chi connectivity index (χ3n) is 6.12. The average Bonchev–Trinajstić information content (AvgIpc) is 3.50. The first-order chi connectivity index (χ1) is 14.6. The number of aromatic nitrogens is 2. The second kappa shape index (κ2) is 8.00. The molecule has 1 aromatic carbocycles. The molecule has 1 aliphatic heterocycles. The number of benzene rings is 1. The predicted molar refractivity (Wildman–Crippen MR) is 120 cm³/mol. The maximum Gasteiger partial charge on any atom is 0.170 e. The molecule has 2 aromatic heterocycles. The molecule has 1 N–H and O–H groups in total. The monoisotopic (exact) mass is 440 g/mol. The number of rotatable bonds is 4.